The van der Waals surface area contributed by atoms with Gasteiger partial charge in [0.1, 0.15) is 12.4 Å². The van der Waals surface area contributed by atoms with Gasteiger partial charge in [0.05, 0.1) is 0 Å². The average molecular weight is 261 g/mol. The summed E-state index contributed by atoms with van der Waals surface area (Å²) >= 11 is 0. The minimum absolute atomic E-state index is 0.112. The molecule has 1 saturated carbocycles. The van der Waals surface area contributed by atoms with E-state index in [1.54, 1.807) is 0 Å². The highest BCUT2D eigenvalue weighted by atomic mass is 31.1. The summed E-state index contributed by atoms with van der Waals surface area (Å²) in [4.78, 5) is 20.0. The molecule has 98 valence electrons. The second kappa shape index (κ2) is 6.58. The predicted molar refractivity (Wildman–Crippen MR) is 65.8 cm³/mol. The van der Waals surface area contributed by atoms with E-state index in [1.165, 1.54) is 0 Å². The highest BCUT2D eigenvalue weighted by Crippen LogP contribution is 2.40. The molecular weight excluding hydrogens is 239 g/mol. The first-order valence-corrected chi connectivity index (χ1v) is 7.35. The van der Waals surface area contributed by atoms with E-state index in [2.05, 4.69) is 18.4 Å². The van der Waals surface area contributed by atoms with Crippen molar-refractivity contribution in [3.63, 3.8) is 0 Å². The van der Waals surface area contributed by atoms with Gasteiger partial charge in [0.25, 0.3) is 0 Å². The van der Waals surface area contributed by atoms with E-state index in [4.69, 9.17) is 4.89 Å². The first-order valence-electron chi connectivity index (χ1n) is 6.22. The molecule has 0 spiro atoms. The van der Waals surface area contributed by atoms with E-state index in [-0.39, 0.29) is 5.41 Å². The number of carbonyl (C=O) groups excluding carboxylic acids is 1. The van der Waals surface area contributed by atoms with Crippen molar-refractivity contribution in [1.29, 1.82) is 0 Å². The van der Waals surface area contributed by atoms with Crippen LogP contribution in [0.1, 0.15) is 52.4 Å². The van der Waals surface area contributed by atoms with Gasteiger partial charge in [-0.2, -0.15) is 0 Å². The molecule has 2 atom stereocenters. The van der Waals surface area contributed by atoms with Gasteiger partial charge in [0.15, 0.2) is 0 Å². The predicted octanol–water partition coefficient (Wildman–Crippen LogP) is 3.22. The van der Waals surface area contributed by atoms with Gasteiger partial charge in [0.2, 0.25) is 0 Å². The number of hydrogen-bond donors (Lipinski definition) is 1. The molecule has 0 aliphatic heterocycles. The van der Waals surface area contributed by atoms with Crippen LogP contribution in [0.4, 0.5) is 0 Å². The van der Waals surface area contributed by atoms with Gasteiger partial charge in [-0.05, 0) is 37.0 Å². The lowest BCUT2D eigenvalue weighted by Gasteiger charge is -2.36. The van der Waals surface area contributed by atoms with E-state index >= 15 is 0 Å². The fourth-order valence-corrected chi connectivity index (χ4v) is 2.85. The summed E-state index contributed by atoms with van der Waals surface area (Å²) in [6.45, 7) is 4.67. The number of rotatable bonds is 6. The van der Waals surface area contributed by atoms with Crippen molar-refractivity contribution >= 4 is 14.0 Å². The first kappa shape index (κ1) is 14.7. The van der Waals surface area contributed by atoms with Crippen LogP contribution in [0.15, 0.2) is 0 Å². The molecule has 2 unspecified atom stereocenters. The van der Waals surface area contributed by atoms with Gasteiger partial charge >= 0.3 is 8.25 Å². The molecule has 0 heterocycles. The second-order valence-electron chi connectivity index (χ2n) is 5.50. The lowest BCUT2D eigenvalue weighted by molar-refractivity contribution is -0.123. The molecule has 0 bridgehead atoms. The quantitative estimate of drug-likeness (QED) is 0.589. The Morgan fingerprint density at radius 3 is 2.82 bits per heavy atom. The standard InChI is InChI=1S/C12H21O4P/c1-12(2,7-4-8-16-17(14)15)10-5-3-6-11(13)9-10/h10H,3-9H2,1-2H3/p+1. The third kappa shape index (κ3) is 5.24. The molecule has 17 heavy (non-hydrogen) atoms. The van der Waals surface area contributed by atoms with Crippen molar-refractivity contribution < 1.29 is 18.8 Å². The van der Waals surface area contributed by atoms with E-state index < -0.39 is 8.25 Å². The van der Waals surface area contributed by atoms with Crippen molar-refractivity contribution in [2.75, 3.05) is 6.61 Å². The summed E-state index contributed by atoms with van der Waals surface area (Å²) in [6, 6.07) is 0. The van der Waals surface area contributed by atoms with E-state index in [1.807, 2.05) is 0 Å². The van der Waals surface area contributed by atoms with Crippen LogP contribution in [0.3, 0.4) is 0 Å². The highest BCUT2D eigenvalue weighted by Gasteiger charge is 2.33. The Morgan fingerprint density at radius 2 is 2.24 bits per heavy atom. The second-order valence-corrected chi connectivity index (χ2v) is 6.23. The van der Waals surface area contributed by atoms with Gasteiger partial charge < -0.3 is 0 Å². The maximum absolute atomic E-state index is 11.4. The van der Waals surface area contributed by atoms with Crippen LogP contribution in [0.5, 0.6) is 0 Å². The molecule has 5 heteroatoms. The zero-order chi connectivity index (χ0) is 12.9. The zero-order valence-electron chi connectivity index (χ0n) is 10.6. The molecule has 0 aromatic carbocycles. The fraction of sp³-hybridized carbons (Fsp3) is 0.917. The SMILES string of the molecule is CC(C)(CCCO[P+](=O)O)C1CCCC(=O)C1. The molecule has 0 aromatic rings. The van der Waals surface area contributed by atoms with Gasteiger partial charge in [-0.1, -0.05) is 13.8 Å². The number of hydrogen-bond acceptors (Lipinski definition) is 3. The third-order valence-corrected chi connectivity index (χ3v) is 4.16. The molecule has 1 N–H and O–H groups in total. The topological polar surface area (TPSA) is 63.6 Å². The van der Waals surface area contributed by atoms with E-state index in [0.29, 0.717) is 24.7 Å². The maximum atomic E-state index is 11.4. The summed E-state index contributed by atoms with van der Waals surface area (Å²) in [5, 5.41) is 0. The smallest absolute Gasteiger partial charge is 0.300 e. The Morgan fingerprint density at radius 1 is 1.53 bits per heavy atom. The van der Waals surface area contributed by atoms with Gasteiger partial charge in [-0.25, -0.2) is 0 Å². The minimum Gasteiger partial charge on any atom is -0.300 e. The molecule has 1 aliphatic rings. The molecule has 0 saturated heterocycles. The van der Waals surface area contributed by atoms with Crippen LogP contribution in [-0.4, -0.2) is 17.3 Å². The molecule has 1 rings (SSSR count). The lowest BCUT2D eigenvalue weighted by Crippen LogP contribution is -2.29. The number of Topliss-reactive ketones (excluding diaryl/α,β-unsaturated/α-hetero) is 1. The molecule has 0 aromatic heterocycles. The zero-order valence-corrected chi connectivity index (χ0v) is 11.5. The van der Waals surface area contributed by atoms with E-state index in [0.717, 1.165) is 32.1 Å². The van der Waals surface area contributed by atoms with Crippen LogP contribution in [0, 0.1) is 11.3 Å². The van der Waals surface area contributed by atoms with Gasteiger partial charge in [-0.15, -0.1) is 9.42 Å². The van der Waals surface area contributed by atoms with Gasteiger partial charge in [0, 0.05) is 17.4 Å². The highest BCUT2D eigenvalue weighted by molar-refractivity contribution is 7.32. The van der Waals surface area contributed by atoms with Crippen LogP contribution in [0.2, 0.25) is 0 Å². The van der Waals surface area contributed by atoms with Crippen LogP contribution < -0.4 is 0 Å². The Kier molecular flexibility index (Phi) is 5.71. The van der Waals surface area contributed by atoms with E-state index in [9.17, 15) is 9.36 Å². The summed E-state index contributed by atoms with van der Waals surface area (Å²) in [7, 11) is -2.47. The Labute approximate surface area is 104 Å². The largest absolute Gasteiger partial charge is 0.694 e. The molecule has 0 radical (unpaired) electrons. The van der Waals surface area contributed by atoms with Crippen LogP contribution >= 0.6 is 8.25 Å². The third-order valence-electron chi connectivity index (χ3n) is 3.75. The van der Waals surface area contributed by atoms with Crippen LogP contribution in [0.25, 0.3) is 0 Å². The molecular formula is C12H22O4P+. The molecule has 0 amide bonds. The number of ketones is 1. The molecule has 1 aliphatic carbocycles. The molecule has 1 fully saturated rings. The summed E-state index contributed by atoms with van der Waals surface area (Å²) in [6.07, 6.45) is 5.25. The first-order chi connectivity index (χ1) is 7.92. The van der Waals surface area contributed by atoms with Crippen molar-refractivity contribution in [3.05, 3.63) is 0 Å². The summed E-state index contributed by atoms with van der Waals surface area (Å²) < 4.78 is 15.0. The normalized spacial score (nSPS) is 22.6. The Hall–Kier alpha value is -0.310. The summed E-state index contributed by atoms with van der Waals surface area (Å²) in [5.41, 5.74) is 0.112. The van der Waals surface area contributed by atoms with Crippen molar-refractivity contribution in [1.82, 2.24) is 0 Å². The number of carbonyl (C=O) groups is 1. The summed E-state index contributed by atoms with van der Waals surface area (Å²) in [5.74, 6) is 0.829. The molecule has 4 nitrogen and oxygen atoms in total. The average Bonchev–Trinajstić information content (AvgIpc) is 2.24. The van der Waals surface area contributed by atoms with Crippen molar-refractivity contribution in [3.8, 4) is 0 Å². The minimum atomic E-state index is -2.47. The van der Waals surface area contributed by atoms with Gasteiger partial charge in [-0.3, -0.25) is 4.79 Å². The lowest BCUT2D eigenvalue weighted by atomic mass is 9.68. The van der Waals surface area contributed by atoms with Crippen molar-refractivity contribution in [2.24, 2.45) is 11.3 Å². The monoisotopic (exact) mass is 261 g/mol. The maximum Gasteiger partial charge on any atom is 0.694 e. The van der Waals surface area contributed by atoms with Crippen LogP contribution in [-0.2, 0) is 13.9 Å². The van der Waals surface area contributed by atoms with Crippen molar-refractivity contribution in [2.45, 2.75) is 52.4 Å². The Balaban J connectivity index is 2.33. The fourth-order valence-electron chi connectivity index (χ4n) is 2.57. The Bertz CT molecular complexity index is 288.